The summed E-state index contributed by atoms with van der Waals surface area (Å²) in [6, 6.07) is 5.59. The number of carbonyl (C=O) groups excluding carboxylic acids is 1. The number of hydrogen-bond acceptors (Lipinski definition) is 3. The lowest BCUT2D eigenvalue weighted by Crippen LogP contribution is -2.42. The molecule has 1 aromatic rings. The van der Waals surface area contributed by atoms with E-state index in [2.05, 4.69) is 0 Å². The van der Waals surface area contributed by atoms with Gasteiger partial charge in [-0.15, -0.1) is 0 Å². The fourth-order valence-electron chi connectivity index (χ4n) is 1.46. The Morgan fingerprint density at radius 1 is 1.53 bits per heavy atom. The van der Waals surface area contributed by atoms with Gasteiger partial charge in [-0.05, 0) is 30.6 Å². The summed E-state index contributed by atoms with van der Waals surface area (Å²) in [5.74, 6) is 0.141. The topological polar surface area (TPSA) is 46.3 Å². The third-order valence-electron chi connectivity index (χ3n) is 2.49. The lowest BCUT2D eigenvalue weighted by Gasteiger charge is -2.21. The van der Waals surface area contributed by atoms with Crippen molar-refractivity contribution in [3.05, 3.63) is 30.1 Å². The minimum absolute atomic E-state index is 0.260. The number of likely N-dealkylation sites (N-methyl/N-ethyl adjacent to an activating group) is 1. The second kappa shape index (κ2) is 6.61. The molecule has 0 unspecified atom stereocenters. The Labute approximate surface area is 105 Å². The molecule has 0 aliphatic rings. The van der Waals surface area contributed by atoms with Gasteiger partial charge in [0.15, 0.2) is 0 Å². The van der Waals surface area contributed by atoms with Gasteiger partial charge in [0.05, 0.1) is 11.7 Å². The van der Waals surface area contributed by atoms with Crippen molar-refractivity contribution >= 4 is 23.4 Å². The molecule has 1 amide bonds. The second-order valence-electron chi connectivity index (χ2n) is 3.74. The van der Waals surface area contributed by atoms with E-state index in [0.717, 1.165) is 5.75 Å². The van der Waals surface area contributed by atoms with Crippen molar-refractivity contribution in [2.75, 3.05) is 24.0 Å². The van der Waals surface area contributed by atoms with E-state index in [1.807, 2.05) is 6.26 Å². The van der Waals surface area contributed by atoms with Crippen LogP contribution in [0.25, 0.3) is 0 Å². The maximum absolute atomic E-state index is 13.5. The molecule has 3 nitrogen and oxygen atoms in total. The molecule has 0 spiro atoms. The van der Waals surface area contributed by atoms with Gasteiger partial charge in [-0.25, -0.2) is 4.39 Å². The van der Waals surface area contributed by atoms with Crippen molar-refractivity contribution in [2.24, 2.45) is 5.73 Å². The quantitative estimate of drug-likeness (QED) is 0.875. The number of benzene rings is 1. The molecule has 2 N–H and O–H groups in total. The number of nitrogens with two attached hydrogens (primary N) is 1. The molecule has 1 rings (SSSR count). The smallest absolute Gasteiger partial charge is 0.243 e. The van der Waals surface area contributed by atoms with Crippen LogP contribution in [0.1, 0.15) is 6.42 Å². The van der Waals surface area contributed by atoms with E-state index in [1.54, 1.807) is 37.0 Å². The zero-order valence-electron chi connectivity index (χ0n) is 10.0. The van der Waals surface area contributed by atoms with Gasteiger partial charge >= 0.3 is 0 Å². The number of halogens is 1. The molecule has 1 atom stereocenters. The molecule has 0 aromatic heterocycles. The monoisotopic (exact) mass is 256 g/mol. The first-order chi connectivity index (χ1) is 8.07. The Morgan fingerprint density at radius 2 is 2.18 bits per heavy atom. The fourth-order valence-corrected chi connectivity index (χ4v) is 1.95. The summed E-state index contributed by atoms with van der Waals surface area (Å²) in [7, 11) is 1.54. The summed E-state index contributed by atoms with van der Waals surface area (Å²) in [5, 5.41) is 0. The largest absolute Gasteiger partial charge is 0.320 e. The molecule has 0 saturated heterocycles. The molecule has 0 bridgehead atoms. The number of thioether (sulfide) groups is 1. The van der Waals surface area contributed by atoms with Crippen molar-refractivity contribution in [3.63, 3.8) is 0 Å². The first-order valence-corrected chi connectivity index (χ1v) is 6.74. The number of anilines is 1. The summed E-state index contributed by atoms with van der Waals surface area (Å²) in [6.07, 6.45) is 2.55. The predicted molar refractivity (Wildman–Crippen MR) is 70.8 cm³/mol. The fraction of sp³-hybridized carbons (Fsp3) is 0.417. The summed E-state index contributed by atoms with van der Waals surface area (Å²) >= 11 is 1.63. The predicted octanol–water partition coefficient (Wildman–Crippen LogP) is 1.87. The van der Waals surface area contributed by atoms with Crippen LogP contribution in [0.2, 0.25) is 0 Å². The Balaban J connectivity index is 2.73. The first-order valence-electron chi connectivity index (χ1n) is 5.34. The van der Waals surface area contributed by atoms with Crippen molar-refractivity contribution in [1.82, 2.24) is 0 Å². The van der Waals surface area contributed by atoms with Crippen LogP contribution in [0.3, 0.4) is 0 Å². The molecular formula is C12H17FN2OS. The van der Waals surface area contributed by atoms with Crippen LogP contribution in [0.15, 0.2) is 24.3 Å². The minimum Gasteiger partial charge on any atom is -0.320 e. The van der Waals surface area contributed by atoms with Crippen LogP contribution in [0, 0.1) is 5.82 Å². The van der Waals surface area contributed by atoms with Gasteiger partial charge in [-0.1, -0.05) is 12.1 Å². The van der Waals surface area contributed by atoms with E-state index in [1.165, 1.54) is 11.0 Å². The number of para-hydroxylation sites is 1. The van der Waals surface area contributed by atoms with Gasteiger partial charge in [-0.3, -0.25) is 4.79 Å². The third-order valence-corrected chi connectivity index (χ3v) is 3.14. The van der Waals surface area contributed by atoms with Gasteiger partial charge in [0.2, 0.25) is 5.91 Å². The number of amides is 1. The van der Waals surface area contributed by atoms with E-state index < -0.39 is 11.9 Å². The molecule has 0 heterocycles. The van der Waals surface area contributed by atoms with Gasteiger partial charge in [0.1, 0.15) is 5.82 Å². The highest BCUT2D eigenvalue weighted by atomic mass is 32.2. The maximum Gasteiger partial charge on any atom is 0.243 e. The normalized spacial score (nSPS) is 12.2. The van der Waals surface area contributed by atoms with Gasteiger partial charge < -0.3 is 10.6 Å². The Bertz CT molecular complexity index is 387. The SMILES string of the molecule is CSCC[C@@H](N)C(=O)N(C)c1ccccc1F. The third kappa shape index (κ3) is 3.71. The van der Waals surface area contributed by atoms with Crippen molar-refractivity contribution < 1.29 is 9.18 Å². The van der Waals surface area contributed by atoms with Gasteiger partial charge in [0.25, 0.3) is 0 Å². The standard InChI is InChI=1S/C12H17FN2OS/c1-15(11-6-4-3-5-9(11)13)12(16)10(14)7-8-17-2/h3-6,10H,7-8,14H2,1-2H3/t10-/m1/s1. The second-order valence-corrected chi connectivity index (χ2v) is 4.72. The highest BCUT2D eigenvalue weighted by Gasteiger charge is 2.20. The maximum atomic E-state index is 13.5. The van der Waals surface area contributed by atoms with Crippen LogP contribution in [0.5, 0.6) is 0 Å². The lowest BCUT2D eigenvalue weighted by atomic mass is 10.2. The first kappa shape index (κ1) is 14.0. The van der Waals surface area contributed by atoms with Crippen LogP contribution >= 0.6 is 11.8 Å². The molecule has 94 valence electrons. The lowest BCUT2D eigenvalue weighted by molar-refractivity contribution is -0.119. The zero-order chi connectivity index (χ0) is 12.8. The minimum atomic E-state index is -0.577. The molecule has 0 saturated carbocycles. The van der Waals surface area contributed by atoms with E-state index >= 15 is 0 Å². The van der Waals surface area contributed by atoms with E-state index in [-0.39, 0.29) is 11.6 Å². The number of nitrogens with zero attached hydrogens (tertiary/aromatic N) is 1. The zero-order valence-corrected chi connectivity index (χ0v) is 10.8. The van der Waals surface area contributed by atoms with E-state index in [9.17, 15) is 9.18 Å². The number of carbonyl (C=O) groups is 1. The molecule has 0 aliphatic carbocycles. The van der Waals surface area contributed by atoms with E-state index in [4.69, 9.17) is 5.73 Å². The van der Waals surface area contributed by atoms with Crippen LogP contribution < -0.4 is 10.6 Å². The number of hydrogen-bond donors (Lipinski definition) is 1. The van der Waals surface area contributed by atoms with Gasteiger partial charge in [0, 0.05) is 7.05 Å². The summed E-state index contributed by atoms with van der Waals surface area (Å²) in [4.78, 5) is 13.2. The highest BCUT2D eigenvalue weighted by Crippen LogP contribution is 2.18. The summed E-state index contributed by atoms with van der Waals surface area (Å²) in [6.45, 7) is 0. The molecule has 17 heavy (non-hydrogen) atoms. The molecule has 5 heteroatoms. The molecule has 0 fully saturated rings. The highest BCUT2D eigenvalue weighted by molar-refractivity contribution is 7.98. The van der Waals surface area contributed by atoms with E-state index in [0.29, 0.717) is 6.42 Å². The molecule has 1 aromatic carbocycles. The molecular weight excluding hydrogens is 239 g/mol. The molecule has 0 radical (unpaired) electrons. The van der Waals surface area contributed by atoms with Crippen molar-refractivity contribution in [2.45, 2.75) is 12.5 Å². The van der Waals surface area contributed by atoms with Gasteiger partial charge in [-0.2, -0.15) is 11.8 Å². The Kier molecular flexibility index (Phi) is 5.44. The van der Waals surface area contributed by atoms with Crippen molar-refractivity contribution in [3.8, 4) is 0 Å². The average molecular weight is 256 g/mol. The van der Waals surface area contributed by atoms with Crippen LogP contribution in [-0.2, 0) is 4.79 Å². The summed E-state index contributed by atoms with van der Waals surface area (Å²) in [5.41, 5.74) is 6.03. The Morgan fingerprint density at radius 3 is 2.76 bits per heavy atom. The van der Waals surface area contributed by atoms with Crippen LogP contribution in [-0.4, -0.2) is 31.0 Å². The number of rotatable bonds is 5. The molecule has 0 aliphatic heterocycles. The Hall–Kier alpha value is -1.07. The average Bonchev–Trinajstić information content (AvgIpc) is 2.34. The summed E-state index contributed by atoms with van der Waals surface area (Å²) < 4.78 is 13.5. The van der Waals surface area contributed by atoms with Crippen LogP contribution in [0.4, 0.5) is 10.1 Å². The van der Waals surface area contributed by atoms with Crippen molar-refractivity contribution in [1.29, 1.82) is 0 Å².